The van der Waals surface area contributed by atoms with Crippen molar-refractivity contribution in [1.82, 2.24) is 0 Å². The first kappa shape index (κ1) is 16.0. The molecule has 0 radical (unpaired) electrons. The van der Waals surface area contributed by atoms with Crippen molar-refractivity contribution in [2.75, 3.05) is 43.1 Å². The first-order valence-electron chi connectivity index (χ1n) is 8.63. The van der Waals surface area contributed by atoms with Crippen molar-refractivity contribution in [2.24, 2.45) is 0 Å². The number of piperazine rings is 1. The van der Waals surface area contributed by atoms with Crippen molar-refractivity contribution in [2.45, 2.75) is 0 Å². The summed E-state index contributed by atoms with van der Waals surface area (Å²) in [5, 5.41) is 1.36. The van der Waals surface area contributed by atoms with Gasteiger partial charge in [0.25, 0.3) is 0 Å². The fourth-order valence-electron chi connectivity index (χ4n) is 3.23. The number of nitrogens with zero attached hydrogens (tertiary/aromatic N) is 2. The number of thiophene rings is 1. The Labute approximate surface area is 153 Å². The molecule has 1 aliphatic rings. The van der Waals surface area contributed by atoms with Crippen LogP contribution in [0, 0.1) is 0 Å². The lowest BCUT2D eigenvalue weighted by Gasteiger charge is -2.36. The van der Waals surface area contributed by atoms with Gasteiger partial charge in [0.1, 0.15) is 5.75 Å². The minimum atomic E-state index is 0.901. The van der Waals surface area contributed by atoms with E-state index in [2.05, 4.69) is 64.4 Å². The molecular formula is C21H22N2OS. The molecule has 0 saturated carbocycles. The van der Waals surface area contributed by atoms with Crippen LogP contribution in [0.5, 0.6) is 5.75 Å². The summed E-state index contributed by atoms with van der Waals surface area (Å²) in [4.78, 5) is 6.27. The SMILES string of the molecule is COc1ccc(-c2ccc(N3CCN(c4ccccc4)CC3)s2)cc1. The Morgan fingerprint density at radius 3 is 2.12 bits per heavy atom. The Hall–Kier alpha value is -2.46. The highest BCUT2D eigenvalue weighted by atomic mass is 32.1. The molecule has 128 valence electrons. The highest BCUT2D eigenvalue weighted by molar-refractivity contribution is 7.19. The molecule has 2 heterocycles. The molecule has 1 fully saturated rings. The summed E-state index contributed by atoms with van der Waals surface area (Å²) >= 11 is 1.87. The molecule has 0 amide bonds. The molecule has 25 heavy (non-hydrogen) atoms. The third-order valence-electron chi connectivity index (χ3n) is 4.68. The Morgan fingerprint density at radius 2 is 1.44 bits per heavy atom. The monoisotopic (exact) mass is 350 g/mol. The van der Waals surface area contributed by atoms with E-state index in [4.69, 9.17) is 4.74 Å². The van der Waals surface area contributed by atoms with Crippen LogP contribution < -0.4 is 14.5 Å². The summed E-state index contributed by atoms with van der Waals surface area (Å²) in [5.41, 5.74) is 2.58. The summed E-state index contributed by atoms with van der Waals surface area (Å²) in [6, 6.07) is 23.5. The molecule has 1 aromatic heterocycles. The van der Waals surface area contributed by atoms with Crippen LogP contribution in [0.15, 0.2) is 66.7 Å². The molecular weight excluding hydrogens is 328 g/mol. The first-order valence-corrected chi connectivity index (χ1v) is 9.44. The van der Waals surface area contributed by atoms with Crippen molar-refractivity contribution in [3.63, 3.8) is 0 Å². The van der Waals surface area contributed by atoms with Gasteiger partial charge in [-0.05, 0) is 54.1 Å². The van der Waals surface area contributed by atoms with Gasteiger partial charge in [0.05, 0.1) is 12.1 Å². The van der Waals surface area contributed by atoms with E-state index in [1.807, 2.05) is 23.5 Å². The molecule has 0 bridgehead atoms. The van der Waals surface area contributed by atoms with Gasteiger partial charge in [-0.3, -0.25) is 0 Å². The van der Waals surface area contributed by atoms with E-state index in [-0.39, 0.29) is 0 Å². The van der Waals surface area contributed by atoms with Crippen molar-refractivity contribution < 1.29 is 4.74 Å². The van der Waals surface area contributed by atoms with Crippen molar-refractivity contribution in [3.8, 4) is 16.2 Å². The van der Waals surface area contributed by atoms with E-state index in [9.17, 15) is 0 Å². The molecule has 1 aliphatic heterocycles. The van der Waals surface area contributed by atoms with Gasteiger partial charge in [-0.15, -0.1) is 11.3 Å². The topological polar surface area (TPSA) is 15.7 Å². The maximum Gasteiger partial charge on any atom is 0.118 e. The van der Waals surface area contributed by atoms with E-state index < -0.39 is 0 Å². The Balaban J connectivity index is 1.43. The summed E-state index contributed by atoms with van der Waals surface area (Å²) in [7, 11) is 1.70. The predicted molar refractivity (Wildman–Crippen MR) is 107 cm³/mol. The Kier molecular flexibility index (Phi) is 4.61. The summed E-state index contributed by atoms with van der Waals surface area (Å²) in [5.74, 6) is 0.901. The number of para-hydroxylation sites is 1. The van der Waals surface area contributed by atoms with E-state index in [0.29, 0.717) is 0 Å². The van der Waals surface area contributed by atoms with Gasteiger partial charge in [-0.2, -0.15) is 0 Å². The van der Waals surface area contributed by atoms with Crippen molar-refractivity contribution in [1.29, 1.82) is 0 Å². The molecule has 2 aromatic carbocycles. The average molecular weight is 350 g/mol. The van der Waals surface area contributed by atoms with Gasteiger partial charge in [0, 0.05) is 36.7 Å². The van der Waals surface area contributed by atoms with Gasteiger partial charge < -0.3 is 14.5 Å². The molecule has 0 spiro atoms. The maximum atomic E-state index is 5.24. The lowest BCUT2D eigenvalue weighted by Crippen LogP contribution is -2.46. The number of methoxy groups -OCH3 is 1. The lowest BCUT2D eigenvalue weighted by atomic mass is 10.2. The molecule has 0 aliphatic carbocycles. The van der Waals surface area contributed by atoms with Crippen LogP contribution in [0.4, 0.5) is 10.7 Å². The van der Waals surface area contributed by atoms with Crippen LogP contribution in [-0.4, -0.2) is 33.3 Å². The summed E-state index contributed by atoms with van der Waals surface area (Å²) < 4.78 is 5.24. The van der Waals surface area contributed by atoms with E-state index in [0.717, 1.165) is 31.9 Å². The normalized spacial score (nSPS) is 14.6. The zero-order valence-corrected chi connectivity index (χ0v) is 15.2. The van der Waals surface area contributed by atoms with Crippen LogP contribution in [0.1, 0.15) is 0 Å². The van der Waals surface area contributed by atoms with E-state index >= 15 is 0 Å². The molecule has 3 nitrogen and oxygen atoms in total. The molecule has 4 heteroatoms. The van der Waals surface area contributed by atoms with Crippen LogP contribution in [0.3, 0.4) is 0 Å². The highest BCUT2D eigenvalue weighted by Crippen LogP contribution is 2.35. The second-order valence-electron chi connectivity index (χ2n) is 6.18. The maximum absolute atomic E-state index is 5.24. The van der Waals surface area contributed by atoms with Gasteiger partial charge in [-0.25, -0.2) is 0 Å². The molecule has 0 unspecified atom stereocenters. The first-order chi connectivity index (χ1) is 12.3. The Bertz CT molecular complexity index is 805. The third-order valence-corrected chi connectivity index (χ3v) is 5.87. The quantitative estimate of drug-likeness (QED) is 0.675. The minimum Gasteiger partial charge on any atom is -0.497 e. The summed E-state index contributed by atoms with van der Waals surface area (Å²) in [6.45, 7) is 4.27. The van der Waals surface area contributed by atoms with E-state index in [1.165, 1.54) is 21.1 Å². The molecule has 0 N–H and O–H groups in total. The second kappa shape index (κ2) is 7.19. The second-order valence-corrected chi connectivity index (χ2v) is 7.24. The fraction of sp³-hybridized carbons (Fsp3) is 0.238. The molecule has 0 atom stereocenters. The molecule has 3 aromatic rings. The van der Waals surface area contributed by atoms with Crippen LogP contribution in [-0.2, 0) is 0 Å². The van der Waals surface area contributed by atoms with Gasteiger partial charge in [0.2, 0.25) is 0 Å². The standard InChI is InChI=1S/C21H22N2OS/c1-24-19-9-7-17(8-10-19)20-11-12-21(25-20)23-15-13-22(14-16-23)18-5-3-2-4-6-18/h2-12H,13-16H2,1H3. The van der Waals surface area contributed by atoms with Crippen LogP contribution in [0.25, 0.3) is 10.4 Å². The zero-order chi connectivity index (χ0) is 17.1. The zero-order valence-electron chi connectivity index (χ0n) is 14.4. The third kappa shape index (κ3) is 3.49. The number of hydrogen-bond donors (Lipinski definition) is 0. The molecule has 4 rings (SSSR count). The number of ether oxygens (including phenoxy) is 1. The summed E-state index contributed by atoms with van der Waals surface area (Å²) in [6.07, 6.45) is 0. The number of benzene rings is 2. The number of anilines is 2. The van der Waals surface area contributed by atoms with Gasteiger partial charge >= 0.3 is 0 Å². The largest absolute Gasteiger partial charge is 0.497 e. The Morgan fingerprint density at radius 1 is 0.760 bits per heavy atom. The van der Waals surface area contributed by atoms with Gasteiger partial charge in [0.15, 0.2) is 0 Å². The smallest absolute Gasteiger partial charge is 0.118 e. The molecule has 1 saturated heterocycles. The predicted octanol–water partition coefficient (Wildman–Crippen LogP) is 4.75. The van der Waals surface area contributed by atoms with Crippen molar-refractivity contribution >= 4 is 22.0 Å². The van der Waals surface area contributed by atoms with Crippen LogP contribution in [0.2, 0.25) is 0 Å². The fourth-order valence-corrected chi connectivity index (χ4v) is 4.30. The van der Waals surface area contributed by atoms with E-state index in [1.54, 1.807) is 7.11 Å². The van der Waals surface area contributed by atoms with Crippen molar-refractivity contribution in [3.05, 3.63) is 66.7 Å². The average Bonchev–Trinajstić information content (AvgIpc) is 3.19. The highest BCUT2D eigenvalue weighted by Gasteiger charge is 2.18. The minimum absolute atomic E-state index is 0.901. The number of rotatable bonds is 4. The van der Waals surface area contributed by atoms with Gasteiger partial charge in [-0.1, -0.05) is 18.2 Å². The lowest BCUT2D eigenvalue weighted by molar-refractivity contribution is 0.415. The van der Waals surface area contributed by atoms with Crippen LogP contribution >= 0.6 is 11.3 Å². The number of hydrogen-bond acceptors (Lipinski definition) is 4.